The van der Waals surface area contributed by atoms with Gasteiger partial charge in [0.1, 0.15) is 0 Å². The van der Waals surface area contributed by atoms with Gasteiger partial charge >= 0.3 is 5.97 Å². The molecule has 8 nitrogen and oxygen atoms in total. The molecular weight excluding hydrogens is 364 g/mol. The van der Waals surface area contributed by atoms with Crippen molar-refractivity contribution in [1.82, 2.24) is 10.2 Å². The van der Waals surface area contributed by atoms with Gasteiger partial charge in [-0.2, -0.15) is 0 Å². The summed E-state index contributed by atoms with van der Waals surface area (Å²) in [7, 11) is 0. The zero-order valence-corrected chi connectivity index (χ0v) is 14.8. The summed E-state index contributed by atoms with van der Waals surface area (Å²) in [5.74, 6) is -3.06. The highest BCUT2D eigenvalue weighted by atomic mass is 16.4. The van der Waals surface area contributed by atoms with Crippen molar-refractivity contribution in [3.05, 3.63) is 70.8 Å². The maximum atomic E-state index is 12.6. The summed E-state index contributed by atoms with van der Waals surface area (Å²) in [6.07, 6.45) is 0.510. The maximum absolute atomic E-state index is 12.6. The summed E-state index contributed by atoms with van der Waals surface area (Å²) in [5.41, 5.74) is 1.32. The van der Waals surface area contributed by atoms with E-state index in [1.165, 1.54) is 18.2 Å². The van der Waals surface area contributed by atoms with E-state index in [9.17, 15) is 19.2 Å². The number of amides is 3. The van der Waals surface area contributed by atoms with E-state index in [0.29, 0.717) is 6.42 Å². The number of aliphatic carboxylic acids is 1. The van der Waals surface area contributed by atoms with E-state index in [-0.39, 0.29) is 23.2 Å². The number of aliphatic hydroxyl groups excluding tert-OH is 1. The zero-order chi connectivity index (χ0) is 20.3. The van der Waals surface area contributed by atoms with Gasteiger partial charge < -0.3 is 15.5 Å². The normalized spacial score (nSPS) is 14.0. The van der Waals surface area contributed by atoms with Crippen LogP contribution in [0.1, 0.15) is 36.6 Å². The van der Waals surface area contributed by atoms with E-state index >= 15 is 0 Å². The highest BCUT2D eigenvalue weighted by molar-refractivity contribution is 6.22. The molecule has 0 aliphatic carbocycles. The molecule has 2 aromatic carbocycles. The minimum atomic E-state index is -1.46. The molecule has 1 aliphatic heterocycles. The van der Waals surface area contributed by atoms with Crippen LogP contribution in [0.5, 0.6) is 0 Å². The van der Waals surface area contributed by atoms with Crippen molar-refractivity contribution in [3.8, 4) is 0 Å². The molecule has 0 spiro atoms. The van der Waals surface area contributed by atoms with Crippen LogP contribution in [-0.2, 0) is 11.2 Å². The Morgan fingerprint density at radius 3 is 2.32 bits per heavy atom. The number of imide groups is 1. The van der Waals surface area contributed by atoms with E-state index in [0.717, 1.165) is 10.5 Å². The minimum absolute atomic E-state index is 0.0320. The first kappa shape index (κ1) is 19.2. The van der Waals surface area contributed by atoms with Gasteiger partial charge in [0.25, 0.3) is 17.7 Å². The van der Waals surface area contributed by atoms with Gasteiger partial charge in [-0.25, -0.2) is 4.79 Å². The summed E-state index contributed by atoms with van der Waals surface area (Å²) in [6, 6.07) is 12.0. The molecule has 28 heavy (non-hydrogen) atoms. The average molecular weight is 382 g/mol. The Hall–Kier alpha value is -3.52. The van der Waals surface area contributed by atoms with Crippen molar-refractivity contribution in [1.29, 1.82) is 0 Å². The Kier molecular flexibility index (Phi) is 5.51. The molecule has 0 saturated heterocycles. The quantitative estimate of drug-likeness (QED) is 0.606. The molecule has 0 saturated carbocycles. The SMILES string of the molecule is O=C(N[C@@H](CO)C(=O)O)c1ccc2c(c1)C(=O)N(CCc1ccccc1)C2=O. The molecule has 3 N–H and O–H groups in total. The first-order valence-electron chi connectivity index (χ1n) is 8.61. The Balaban J connectivity index is 1.76. The molecule has 0 fully saturated rings. The monoisotopic (exact) mass is 382 g/mol. The number of carboxylic acid groups (broad SMARTS) is 1. The van der Waals surface area contributed by atoms with Gasteiger partial charge in [0.05, 0.1) is 17.7 Å². The van der Waals surface area contributed by atoms with Crippen molar-refractivity contribution in [2.45, 2.75) is 12.5 Å². The molecule has 0 bridgehead atoms. The predicted molar refractivity (Wildman–Crippen MR) is 97.9 cm³/mol. The lowest BCUT2D eigenvalue weighted by Gasteiger charge is -2.13. The molecule has 3 rings (SSSR count). The van der Waals surface area contributed by atoms with Gasteiger partial charge in [-0.15, -0.1) is 0 Å². The number of hydrogen-bond acceptors (Lipinski definition) is 5. The van der Waals surface area contributed by atoms with Crippen molar-refractivity contribution in [3.63, 3.8) is 0 Å². The molecule has 1 atom stereocenters. The smallest absolute Gasteiger partial charge is 0.328 e. The molecule has 0 unspecified atom stereocenters. The zero-order valence-electron chi connectivity index (χ0n) is 14.8. The van der Waals surface area contributed by atoms with Crippen molar-refractivity contribution in [2.75, 3.05) is 13.2 Å². The second kappa shape index (κ2) is 8.01. The Bertz CT molecular complexity index is 941. The first-order chi connectivity index (χ1) is 13.4. The predicted octanol–water partition coefficient (Wildman–Crippen LogP) is 0.701. The van der Waals surface area contributed by atoms with Crippen LogP contribution in [0.25, 0.3) is 0 Å². The maximum Gasteiger partial charge on any atom is 0.328 e. The third-order valence-electron chi connectivity index (χ3n) is 4.49. The number of nitrogens with zero attached hydrogens (tertiary/aromatic N) is 1. The van der Waals surface area contributed by atoms with Crippen LogP contribution in [0.15, 0.2) is 48.5 Å². The summed E-state index contributed by atoms with van der Waals surface area (Å²) in [5, 5.41) is 20.1. The highest BCUT2D eigenvalue weighted by Crippen LogP contribution is 2.24. The van der Waals surface area contributed by atoms with Crippen molar-refractivity contribution < 1.29 is 29.4 Å². The summed E-state index contributed by atoms with van der Waals surface area (Å²) in [6.45, 7) is -0.555. The lowest BCUT2D eigenvalue weighted by atomic mass is 10.1. The highest BCUT2D eigenvalue weighted by Gasteiger charge is 2.35. The lowest BCUT2D eigenvalue weighted by molar-refractivity contribution is -0.140. The second-order valence-corrected chi connectivity index (χ2v) is 6.30. The Morgan fingerprint density at radius 1 is 1.00 bits per heavy atom. The van der Waals surface area contributed by atoms with E-state index in [1.807, 2.05) is 30.3 Å². The van der Waals surface area contributed by atoms with Crippen LogP contribution in [-0.4, -0.2) is 58.0 Å². The van der Waals surface area contributed by atoms with E-state index in [2.05, 4.69) is 5.32 Å². The Labute approximate surface area is 160 Å². The van der Waals surface area contributed by atoms with Gasteiger partial charge in [0.2, 0.25) is 0 Å². The average Bonchev–Trinajstić information content (AvgIpc) is 2.94. The number of carbonyl (C=O) groups excluding carboxylic acids is 3. The third-order valence-corrected chi connectivity index (χ3v) is 4.49. The number of nitrogens with one attached hydrogen (secondary N) is 1. The Morgan fingerprint density at radius 2 is 1.68 bits per heavy atom. The third kappa shape index (κ3) is 3.77. The largest absolute Gasteiger partial charge is 0.480 e. The lowest BCUT2D eigenvalue weighted by Crippen LogP contribution is -2.43. The molecular formula is C20H18N2O6. The topological polar surface area (TPSA) is 124 Å². The molecule has 1 heterocycles. The van der Waals surface area contributed by atoms with E-state index in [1.54, 1.807) is 0 Å². The summed E-state index contributed by atoms with van der Waals surface area (Å²) < 4.78 is 0. The molecule has 1 aliphatic rings. The van der Waals surface area contributed by atoms with Crippen LogP contribution < -0.4 is 5.32 Å². The number of carbonyl (C=O) groups is 4. The van der Waals surface area contributed by atoms with Crippen molar-refractivity contribution in [2.24, 2.45) is 0 Å². The number of benzene rings is 2. The molecule has 3 amide bonds. The molecule has 0 radical (unpaired) electrons. The minimum Gasteiger partial charge on any atom is -0.480 e. The number of aliphatic hydroxyl groups is 1. The van der Waals surface area contributed by atoms with Crippen molar-refractivity contribution >= 4 is 23.7 Å². The standard InChI is InChI=1S/C20H18N2O6/c23-11-16(20(27)28)21-17(24)13-6-7-14-15(10-13)19(26)22(18(14)25)9-8-12-4-2-1-3-5-12/h1-7,10,16,23H,8-9,11H2,(H,21,24)(H,27,28)/t16-/m0/s1. The van der Waals surface area contributed by atoms with Crippen LogP contribution >= 0.6 is 0 Å². The van der Waals surface area contributed by atoms with Gasteiger partial charge in [-0.1, -0.05) is 30.3 Å². The van der Waals surface area contributed by atoms with E-state index < -0.39 is 36.3 Å². The fraction of sp³-hybridized carbons (Fsp3) is 0.200. The first-order valence-corrected chi connectivity index (χ1v) is 8.61. The van der Waals surface area contributed by atoms with Gasteiger partial charge in [-0.3, -0.25) is 19.3 Å². The van der Waals surface area contributed by atoms with Crippen LogP contribution in [0.4, 0.5) is 0 Å². The number of fused-ring (bicyclic) bond motifs is 1. The molecule has 0 aromatic heterocycles. The molecule has 2 aromatic rings. The molecule has 8 heteroatoms. The summed E-state index contributed by atoms with van der Waals surface area (Å²) in [4.78, 5) is 49.4. The van der Waals surface area contributed by atoms with Crippen LogP contribution in [0, 0.1) is 0 Å². The number of hydrogen-bond donors (Lipinski definition) is 3. The van der Waals surface area contributed by atoms with Gasteiger partial charge in [-0.05, 0) is 30.2 Å². The van der Waals surface area contributed by atoms with E-state index in [4.69, 9.17) is 10.2 Å². The number of carboxylic acids is 1. The van der Waals surface area contributed by atoms with Gasteiger partial charge in [0, 0.05) is 12.1 Å². The fourth-order valence-corrected chi connectivity index (χ4v) is 2.95. The van der Waals surface area contributed by atoms with Gasteiger partial charge in [0.15, 0.2) is 6.04 Å². The fourth-order valence-electron chi connectivity index (χ4n) is 2.95. The number of rotatable bonds is 7. The van der Waals surface area contributed by atoms with Crippen LogP contribution in [0.2, 0.25) is 0 Å². The molecule has 144 valence electrons. The second-order valence-electron chi connectivity index (χ2n) is 6.30. The summed E-state index contributed by atoms with van der Waals surface area (Å²) >= 11 is 0. The van der Waals surface area contributed by atoms with Crippen LogP contribution in [0.3, 0.4) is 0 Å².